The van der Waals surface area contributed by atoms with E-state index in [0.29, 0.717) is 6.42 Å². The Kier molecular flexibility index (Phi) is 3.32. The van der Waals surface area contributed by atoms with Crippen LogP contribution in [-0.4, -0.2) is 14.9 Å². The van der Waals surface area contributed by atoms with Crippen molar-refractivity contribution >= 4 is 11.0 Å². The first-order valence-electron chi connectivity index (χ1n) is 6.85. The van der Waals surface area contributed by atoms with Gasteiger partial charge < -0.3 is 9.52 Å². The minimum atomic E-state index is -0.584. The lowest BCUT2D eigenvalue weighted by atomic mass is 10.0. The van der Waals surface area contributed by atoms with Crippen LogP contribution in [0.5, 0.6) is 0 Å². The zero-order valence-electron chi connectivity index (χ0n) is 11.7. The van der Waals surface area contributed by atoms with E-state index in [1.807, 2.05) is 42.1 Å². The van der Waals surface area contributed by atoms with E-state index in [1.165, 1.54) is 0 Å². The number of para-hydroxylation sites is 1. The molecule has 104 valence electrons. The molecule has 2 aromatic heterocycles. The number of furan rings is 1. The molecule has 4 heteroatoms. The minimum absolute atomic E-state index is 0.535. The number of hydrogen-bond donors (Lipinski definition) is 1. The molecule has 4 nitrogen and oxygen atoms in total. The number of aliphatic hydroxyl groups excluding tert-OH is 1. The topological polar surface area (TPSA) is 51.2 Å². The maximum absolute atomic E-state index is 10.5. The third-order valence-corrected chi connectivity index (χ3v) is 3.66. The first-order chi connectivity index (χ1) is 9.69. The lowest BCUT2D eigenvalue weighted by Gasteiger charge is -2.09. The molecule has 0 saturated carbocycles. The molecule has 0 aliphatic rings. The van der Waals surface area contributed by atoms with E-state index in [-0.39, 0.29) is 0 Å². The van der Waals surface area contributed by atoms with Gasteiger partial charge >= 0.3 is 0 Å². The molecule has 0 fully saturated rings. The fourth-order valence-corrected chi connectivity index (χ4v) is 2.50. The Hall–Kier alpha value is -2.07. The van der Waals surface area contributed by atoms with Crippen LogP contribution in [0.1, 0.15) is 30.0 Å². The van der Waals surface area contributed by atoms with Crippen LogP contribution in [0, 0.1) is 0 Å². The highest BCUT2D eigenvalue weighted by molar-refractivity contribution is 5.81. The predicted octanol–water partition coefficient (Wildman–Crippen LogP) is 3.00. The van der Waals surface area contributed by atoms with Gasteiger partial charge in [-0.1, -0.05) is 25.1 Å². The van der Waals surface area contributed by atoms with Gasteiger partial charge in [-0.15, -0.1) is 0 Å². The lowest BCUT2D eigenvalue weighted by Crippen LogP contribution is -2.06. The van der Waals surface area contributed by atoms with Crippen LogP contribution in [0.4, 0.5) is 0 Å². The summed E-state index contributed by atoms with van der Waals surface area (Å²) in [7, 11) is 1.91. The predicted molar refractivity (Wildman–Crippen MR) is 77.5 cm³/mol. The Labute approximate surface area is 117 Å². The van der Waals surface area contributed by atoms with E-state index >= 15 is 0 Å². The average molecular weight is 270 g/mol. The Bertz CT molecular complexity index is 727. The van der Waals surface area contributed by atoms with Crippen LogP contribution in [0.3, 0.4) is 0 Å². The van der Waals surface area contributed by atoms with E-state index in [9.17, 15) is 5.11 Å². The van der Waals surface area contributed by atoms with Crippen molar-refractivity contribution in [1.82, 2.24) is 9.78 Å². The normalized spacial score (nSPS) is 12.9. The number of hydrogen-bond acceptors (Lipinski definition) is 3. The highest BCUT2D eigenvalue weighted by atomic mass is 16.3. The van der Waals surface area contributed by atoms with Crippen LogP contribution in [0.25, 0.3) is 11.0 Å². The Morgan fingerprint density at radius 2 is 2.15 bits per heavy atom. The molecular formula is C16H18N2O2. The average Bonchev–Trinajstić information content (AvgIpc) is 3.03. The second-order valence-corrected chi connectivity index (χ2v) is 5.01. The second-order valence-electron chi connectivity index (χ2n) is 5.01. The SMILES string of the molecule is CCc1cc(CC(O)c2coc3ccccc23)n(C)n1. The zero-order chi connectivity index (χ0) is 14.1. The van der Waals surface area contributed by atoms with Gasteiger partial charge in [0.1, 0.15) is 5.58 Å². The van der Waals surface area contributed by atoms with E-state index in [0.717, 1.165) is 34.3 Å². The maximum atomic E-state index is 10.5. The summed E-state index contributed by atoms with van der Waals surface area (Å²) >= 11 is 0. The second kappa shape index (κ2) is 5.13. The van der Waals surface area contributed by atoms with Gasteiger partial charge in [0.05, 0.1) is 18.1 Å². The first-order valence-corrected chi connectivity index (χ1v) is 6.85. The molecular weight excluding hydrogens is 252 g/mol. The van der Waals surface area contributed by atoms with E-state index in [2.05, 4.69) is 12.0 Å². The molecule has 1 unspecified atom stereocenters. The van der Waals surface area contributed by atoms with Crippen LogP contribution in [-0.2, 0) is 19.9 Å². The summed E-state index contributed by atoms with van der Waals surface area (Å²) < 4.78 is 7.32. The molecule has 0 bridgehead atoms. The van der Waals surface area contributed by atoms with Gasteiger partial charge in [-0.2, -0.15) is 5.10 Å². The van der Waals surface area contributed by atoms with Gasteiger partial charge in [-0.25, -0.2) is 0 Å². The zero-order valence-corrected chi connectivity index (χ0v) is 11.7. The van der Waals surface area contributed by atoms with Crippen molar-refractivity contribution in [2.75, 3.05) is 0 Å². The number of rotatable bonds is 4. The number of fused-ring (bicyclic) bond motifs is 1. The molecule has 3 aromatic rings. The van der Waals surface area contributed by atoms with Crippen LogP contribution < -0.4 is 0 Å². The molecule has 0 amide bonds. The lowest BCUT2D eigenvalue weighted by molar-refractivity contribution is 0.176. The smallest absolute Gasteiger partial charge is 0.134 e. The molecule has 3 rings (SSSR count). The third kappa shape index (κ3) is 2.23. The van der Waals surface area contributed by atoms with Crippen molar-refractivity contribution in [3.8, 4) is 0 Å². The van der Waals surface area contributed by atoms with Gasteiger partial charge in [-0.3, -0.25) is 4.68 Å². The van der Waals surface area contributed by atoms with Gasteiger partial charge in [0.2, 0.25) is 0 Å². The van der Waals surface area contributed by atoms with Crippen LogP contribution >= 0.6 is 0 Å². The Morgan fingerprint density at radius 3 is 2.90 bits per heavy atom. The Morgan fingerprint density at radius 1 is 1.35 bits per heavy atom. The summed E-state index contributed by atoms with van der Waals surface area (Å²) in [6, 6.07) is 9.80. The molecule has 2 heterocycles. The number of aliphatic hydroxyl groups is 1. The van der Waals surface area contributed by atoms with Gasteiger partial charge in [0.15, 0.2) is 0 Å². The van der Waals surface area contributed by atoms with Gasteiger partial charge in [-0.05, 0) is 18.6 Å². The summed E-state index contributed by atoms with van der Waals surface area (Å²) in [5, 5.41) is 15.8. The van der Waals surface area contributed by atoms with E-state index in [4.69, 9.17) is 4.42 Å². The fourth-order valence-electron chi connectivity index (χ4n) is 2.50. The van der Waals surface area contributed by atoms with Gasteiger partial charge in [0, 0.05) is 30.1 Å². The monoisotopic (exact) mass is 270 g/mol. The van der Waals surface area contributed by atoms with Gasteiger partial charge in [0.25, 0.3) is 0 Å². The van der Waals surface area contributed by atoms with Crippen LogP contribution in [0.2, 0.25) is 0 Å². The maximum Gasteiger partial charge on any atom is 0.134 e. The highest BCUT2D eigenvalue weighted by Crippen LogP contribution is 2.28. The van der Waals surface area contributed by atoms with Crippen molar-refractivity contribution in [2.24, 2.45) is 7.05 Å². The molecule has 0 radical (unpaired) electrons. The molecule has 1 N–H and O–H groups in total. The summed E-state index contributed by atoms with van der Waals surface area (Å²) in [6.07, 6.45) is 2.50. The van der Waals surface area contributed by atoms with Crippen molar-refractivity contribution in [3.05, 3.63) is 53.5 Å². The third-order valence-electron chi connectivity index (χ3n) is 3.66. The number of aromatic nitrogens is 2. The van der Waals surface area contributed by atoms with Crippen molar-refractivity contribution in [1.29, 1.82) is 0 Å². The largest absolute Gasteiger partial charge is 0.464 e. The van der Waals surface area contributed by atoms with Crippen molar-refractivity contribution in [3.63, 3.8) is 0 Å². The van der Waals surface area contributed by atoms with E-state index in [1.54, 1.807) is 6.26 Å². The standard InChI is InChI=1S/C16H18N2O2/c1-3-11-8-12(18(2)17-11)9-15(19)14-10-20-16-7-5-4-6-13(14)16/h4-8,10,15,19H,3,9H2,1-2H3. The summed E-state index contributed by atoms with van der Waals surface area (Å²) in [5.41, 5.74) is 3.71. The molecule has 20 heavy (non-hydrogen) atoms. The van der Waals surface area contributed by atoms with Crippen molar-refractivity contribution < 1.29 is 9.52 Å². The quantitative estimate of drug-likeness (QED) is 0.793. The molecule has 0 aliphatic heterocycles. The van der Waals surface area contributed by atoms with E-state index < -0.39 is 6.10 Å². The molecule has 0 aliphatic carbocycles. The first kappa shape index (κ1) is 12.9. The molecule has 0 spiro atoms. The number of nitrogens with zero attached hydrogens (tertiary/aromatic N) is 2. The Balaban J connectivity index is 1.89. The molecule has 1 aromatic carbocycles. The summed E-state index contributed by atoms with van der Waals surface area (Å²) in [4.78, 5) is 0. The van der Waals surface area contributed by atoms with Crippen molar-refractivity contribution in [2.45, 2.75) is 25.9 Å². The number of aryl methyl sites for hydroxylation is 2. The molecule has 0 saturated heterocycles. The van der Waals surface area contributed by atoms with Crippen LogP contribution in [0.15, 0.2) is 41.0 Å². The molecule has 1 atom stereocenters. The highest BCUT2D eigenvalue weighted by Gasteiger charge is 2.17. The fraction of sp³-hybridized carbons (Fsp3) is 0.312. The summed E-state index contributed by atoms with van der Waals surface area (Å²) in [5.74, 6) is 0. The summed E-state index contributed by atoms with van der Waals surface area (Å²) in [6.45, 7) is 2.08. The number of benzene rings is 1. The minimum Gasteiger partial charge on any atom is -0.464 e.